The Morgan fingerprint density at radius 1 is 1.03 bits per heavy atom. The van der Waals surface area contributed by atoms with Gasteiger partial charge in [-0.25, -0.2) is 0 Å². The summed E-state index contributed by atoms with van der Waals surface area (Å²) in [7, 11) is 1.61. The summed E-state index contributed by atoms with van der Waals surface area (Å²) in [5.74, 6) is 1.28. The van der Waals surface area contributed by atoms with Gasteiger partial charge in [-0.05, 0) is 48.5 Å². The first-order valence-corrected chi connectivity index (χ1v) is 11.5. The Labute approximate surface area is 196 Å². The highest BCUT2D eigenvalue weighted by Crippen LogP contribution is 2.22. The van der Waals surface area contributed by atoms with Crippen molar-refractivity contribution in [2.24, 2.45) is 0 Å². The summed E-state index contributed by atoms with van der Waals surface area (Å²) in [5.41, 5.74) is 2.44. The molecule has 9 nitrogen and oxygen atoms in total. The molecule has 33 heavy (non-hydrogen) atoms. The van der Waals surface area contributed by atoms with Crippen LogP contribution in [-0.4, -0.2) is 66.0 Å². The zero-order chi connectivity index (χ0) is 23.2. The fraction of sp³-hybridized carbons (Fsp3) is 0.304. The fourth-order valence-electron chi connectivity index (χ4n) is 3.50. The Morgan fingerprint density at radius 3 is 2.33 bits per heavy atom. The van der Waals surface area contributed by atoms with Gasteiger partial charge in [-0.3, -0.25) is 9.59 Å². The first-order chi connectivity index (χ1) is 16.0. The highest BCUT2D eigenvalue weighted by molar-refractivity contribution is 7.99. The van der Waals surface area contributed by atoms with Crippen molar-refractivity contribution in [2.75, 3.05) is 49.3 Å². The Balaban J connectivity index is 1.25. The van der Waals surface area contributed by atoms with Crippen LogP contribution in [0.1, 0.15) is 16.2 Å². The predicted molar refractivity (Wildman–Crippen MR) is 126 cm³/mol. The van der Waals surface area contributed by atoms with Gasteiger partial charge in [-0.2, -0.15) is 0 Å². The molecule has 2 heterocycles. The fourth-order valence-corrected chi connectivity index (χ4v) is 4.11. The number of aromatic nitrogens is 2. The van der Waals surface area contributed by atoms with E-state index < -0.39 is 0 Å². The predicted octanol–water partition coefficient (Wildman–Crippen LogP) is 3.08. The molecule has 0 atom stereocenters. The molecule has 2 aromatic carbocycles. The lowest BCUT2D eigenvalue weighted by molar-refractivity contribution is -0.113. The normalized spacial score (nSPS) is 13.6. The van der Waals surface area contributed by atoms with Crippen molar-refractivity contribution in [3.8, 4) is 5.75 Å². The molecular formula is C23H25N5O4S. The zero-order valence-corrected chi connectivity index (χ0v) is 19.3. The largest absolute Gasteiger partial charge is 0.497 e. The number of hydrogen-bond acceptors (Lipinski definition) is 8. The monoisotopic (exact) mass is 467 g/mol. The van der Waals surface area contributed by atoms with E-state index >= 15 is 0 Å². The number of benzene rings is 2. The summed E-state index contributed by atoms with van der Waals surface area (Å²) in [6.07, 6.45) is 0. The number of nitrogens with one attached hydrogen (secondary N) is 1. The lowest BCUT2D eigenvalue weighted by Crippen LogP contribution is -2.48. The molecule has 0 radical (unpaired) electrons. The van der Waals surface area contributed by atoms with Crippen molar-refractivity contribution in [3.63, 3.8) is 0 Å². The molecule has 0 saturated carbocycles. The number of piperazine rings is 1. The quantitative estimate of drug-likeness (QED) is 0.529. The summed E-state index contributed by atoms with van der Waals surface area (Å²) in [6.45, 7) is 4.49. The highest BCUT2D eigenvalue weighted by Gasteiger charge is 2.22. The number of amides is 2. The number of hydrogen-bond donors (Lipinski definition) is 1. The highest BCUT2D eigenvalue weighted by atomic mass is 32.2. The smallest absolute Gasteiger partial charge is 0.277 e. The minimum Gasteiger partial charge on any atom is -0.497 e. The molecule has 0 bridgehead atoms. The van der Waals surface area contributed by atoms with E-state index in [2.05, 4.69) is 20.4 Å². The third-order valence-corrected chi connectivity index (χ3v) is 6.07. The van der Waals surface area contributed by atoms with E-state index in [1.807, 2.05) is 29.2 Å². The maximum Gasteiger partial charge on any atom is 0.277 e. The van der Waals surface area contributed by atoms with Crippen LogP contribution in [-0.2, 0) is 4.79 Å². The Hall–Kier alpha value is -3.53. The van der Waals surface area contributed by atoms with Gasteiger partial charge < -0.3 is 24.3 Å². The van der Waals surface area contributed by atoms with Gasteiger partial charge in [0.25, 0.3) is 11.1 Å². The average molecular weight is 468 g/mol. The molecule has 3 aromatic rings. The Kier molecular flexibility index (Phi) is 7.13. The molecule has 0 spiro atoms. The second kappa shape index (κ2) is 10.4. The number of carbonyl (C=O) groups excluding carboxylic acids is 2. The van der Waals surface area contributed by atoms with Crippen molar-refractivity contribution >= 4 is 35.0 Å². The van der Waals surface area contributed by atoms with E-state index in [9.17, 15) is 9.59 Å². The molecule has 1 aliphatic rings. The molecule has 4 rings (SSSR count). The van der Waals surface area contributed by atoms with E-state index in [0.717, 1.165) is 30.2 Å². The van der Waals surface area contributed by atoms with Gasteiger partial charge in [-0.15, -0.1) is 10.2 Å². The number of aryl methyl sites for hydroxylation is 1. The molecule has 172 valence electrons. The van der Waals surface area contributed by atoms with Crippen molar-refractivity contribution < 1.29 is 18.7 Å². The summed E-state index contributed by atoms with van der Waals surface area (Å²) in [4.78, 5) is 29.0. The van der Waals surface area contributed by atoms with E-state index in [0.29, 0.717) is 29.8 Å². The van der Waals surface area contributed by atoms with Crippen molar-refractivity contribution in [3.05, 3.63) is 60.0 Å². The van der Waals surface area contributed by atoms with Crippen molar-refractivity contribution in [1.29, 1.82) is 0 Å². The topological polar surface area (TPSA) is 101 Å². The SMILES string of the molecule is COc1ccc(C(=O)N2CCN(c3ccc(NC(=O)CSc4nnc(C)o4)cc3)CC2)cc1. The number of carbonyl (C=O) groups is 2. The van der Waals surface area contributed by atoms with E-state index in [-0.39, 0.29) is 17.6 Å². The molecular weight excluding hydrogens is 442 g/mol. The van der Waals surface area contributed by atoms with Gasteiger partial charge >= 0.3 is 0 Å². The van der Waals surface area contributed by atoms with E-state index in [1.54, 1.807) is 38.3 Å². The first-order valence-electron chi connectivity index (χ1n) is 10.5. The van der Waals surface area contributed by atoms with Crippen LogP contribution in [0.5, 0.6) is 5.75 Å². The van der Waals surface area contributed by atoms with Gasteiger partial charge in [0.15, 0.2) is 0 Å². The lowest BCUT2D eigenvalue weighted by atomic mass is 10.1. The molecule has 1 aromatic heterocycles. The molecule has 0 aliphatic carbocycles. The maximum atomic E-state index is 12.7. The molecule has 1 saturated heterocycles. The average Bonchev–Trinajstić information content (AvgIpc) is 3.28. The van der Waals surface area contributed by atoms with Crippen LogP contribution in [0.3, 0.4) is 0 Å². The van der Waals surface area contributed by atoms with Gasteiger partial charge in [0.2, 0.25) is 11.8 Å². The van der Waals surface area contributed by atoms with Crippen LogP contribution >= 0.6 is 11.8 Å². The second-order valence-corrected chi connectivity index (χ2v) is 8.41. The summed E-state index contributed by atoms with van der Waals surface area (Å²) < 4.78 is 10.4. The molecule has 1 aliphatic heterocycles. The minimum atomic E-state index is -0.144. The Bertz CT molecular complexity index is 1090. The van der Waals surface area contributed by atoms with E-state index in [1.165, 1.54) is 11.8 Å². The molecule has 1 N–H and O–H groups in total. The van der Waals surface area contributed by atoms with Crippen LogP contribution in [0.4, 0.5) is 11.4 Å². The number of nitrogens with zero attached hydrogens (tertiary/aromatic N) is 4. The van der Waals surface area contributed by atoms with Gasteiger partial charge in [0.1, 0.15) is 5.75 Å². The van der Waals surface area contributed by atoms with E-state index in [4.69, 9.17) is 9.15 Å². The maximum absolute atomic E-state index is 12.7. The zero-order valence-electron chi connectivity index (χ0n) is 18.5. The summed E-state index contributed by atoms with van der Waals surface area (Å²) in [6, 6.07) is 14.9. The summed E-state index contributed by atoms with van der Waals surface area (Å²) in [5, 5.41) is 10.8. The number of thioether (sulfide) groups is 1. The van der Waals surface area contributed by atoms with Crippen molar-refractivity contribution in [1.82, 2.24) is 15.1 Å². The van der Waals surface area contributed by atoms with Crippen LogP contribution in [0.25, 0.3) is 0 Å². The van der Waals surface area contributed by atoms with Gasteiger partial charge in [0.05, 0.1) is 12.9 Å². The lowest BCUT2D eigenvalue weighted by Gasteiger charge is -2.36. The Morgan fingerprint density at radius 2 is 1.73 bits per heavy atom. The van der Waals surface area contributed by atoms with Gasteiger partial charge in [0, 0.05) is 50.0 Å². The van der Waals surface area contributed by atoms with Crippen LogP contribution in [0.2, 0.25) is 0 Å². The molecule has 1 fully saturated rings. The molecule has 2 amide bonds. The standard InChI is InChI=1S/C23H25N5O4S/c1-16-25-26-23(32-16)33-15-21(29)24-18-5-7-19(8-6-18)27-11-13-28(14-12-27)22(30)17-3-9-20(31-2)10-4-17/h3-10H,11-15H2,1-2H3,(H,24,29). The molecule has 10 heteroatoms. The van der Waals surface area contributed by atoms with Crippen molar-refractivity contribution in [2.45, 2.75) is 12.1 Å². The third kappa shape index (κ3) is 5.83. The minimum absolute atomic E-state index is 0.0314. The van der Waals surface area contributed by atoms with Gasteiger partial charge in [-0.1, -0.05) is 11.8 Å². The van der Waals surface area contributed by atoms with Crippen LogP contribution in [0.15, 0.2) is 58.2 Å². The number of rotatable bonds is 7. The number of anilines is 2. The summed E-state index contributed by atoms with van der Waals surface area (Å²) >= 11 is 1.20. The van der Waals surface area contributed by atoms with Crippen LogP contribution < -0.4 is 15.0 Å². The number of methoxy groups -OCH3 is 1. The first kappa shape index (κ1) is 22.7. The second-order valence-electron chi connectivity index (χ2n) is 7.48. The number of ether oxygens (including phenoxy) is 1. The third-order valence-electron chi connectivity index (χ3n) is 5.25. The molecule has 0 unspecified atom stereocenters. The van der Waals surface area contributed by atoms with Crippen LogP contribution in [0, 0.1) is 6.92 Å².